The van der Waals surface area contributed by atoms with Crippen LogP contribution in [0.4, 0.5) is 0 Å². The standard InChI is InChI=1S/C11H21N3/c1-4-9(3)14-10(12)13-7-11(14)6-5-8(11)2/h8-9H,4-7H2,1-3H3,(H2,12,13). The second kappa shape index (κ2) is 3.14. The highest BCUT2D eigenvalue weighted by molar-refractivity contribution is 5.81. The summed E-state index contributed by atoms with van der Waals surface area (Å²) in [5.74, 6) is 1.52. The average Bonchev–Trinajstić information content (AvgIpc) is 2.55. The van der Waals surface area contributed by atoms with Gasteiger partial charge < -0.3 is 10.6 Å². The van der Waals surface area contributed by atoms with Crippen molar-refractivity contribution in [3.63, 3.8) is 0 Å². The van der Waals surface area contributed by atoms with Crippen molar-refractivity contribution >= 4 is 5.96 Å². The third-order valence-electron chi connectivity index (χ3n) is 4.20. The van der Waals surface area contributed by atoms with Crippen LogP contribution in [-0.4, -0.2) is 29.0 Å². The summed E-state index contributed by atoms with van der Waals surface area (Å²) >= 11 is 0. The maximum absolute atomic E-state index is 5.98. The van der Waals surface area contributed by atoms with Crippen molar-refractivity contribution < 1.29 is 0 Å². The zero-order valence-corrected chi connectivity index (χ0v) is 9.45. The van der Waals surface area contributed by atoms with Crippen LogP contribution in [0.1, 0.15) is 40.0 Å². The molecule has 3 atom stereocenters. The Hall–Kier alpha value is -0.730. The Balaban J connectivity index is 2.21. The molecule has 14 heavy (non-hydrogen) atoms. The third-order valence-corrected chi connectivity index (χ3v) is 4.20. The highest BCUT2D eigenvalue weighted by Gasteiger charge is 2.53. The van der Waals surface area contributed by atoms with Gasteiger partial charge in [-0.15, -0.1) is 0 Å². The molecule has 3 nitrogen and oxygen atoms in total. The van der Waals surface area contributed by atoms with E-state index in [1.54, 1.807) is 0 Å². The zero-order valence-electron chi connectivity index (χ0n) is 9.45. The van der Waals surface area contributed by atoms with Gasteiger partial charge in [0, 0.05) is 6.04 Å². The smallest absolute Gasteiger partial charge is 0.192 e. The Morgan fingerprint density at radius 3 is 2.86 bits per heavy atom. The molecule has 1 saturated carbocycles. The van der Waals surface area contributed by atoms with Gasteiger partial charge in [0.1, 0.15) is 0 Å². The summed E-state index contributed by atoms with van der Waals surface area (Å²) in [6.45, 7) is 7.71. The van der Waals surface area contributed by atoms with Crippen molar-refractivity contribution in [1.29, 1.82) is 0 Å². The van der Waals surface area contributed by atoms with Crippen molar-refractivity contribution in [3.8, 4) is 0 Å². The lowest BCUT2D eigenvalue weighted by Crippen LogP contribution is -2.63. The number of rotatable bonds is 2. The van der Waals surface area contributed by atoms with Gasteiger partial charge in [0.25, 0.3) is 0 Å². The first-order valence-electron chi connectivity index (χ1n) is 5.71. The van der Waals surface area contributed by atoms with Crippen molar-refractivity contribution in [2.24, 2.45) is 16.6 Å². The molecule has 2 rings (SSSR count). The van der Waals surface area contributed by atoms with Gasteiger partial charge in [0.2, 0.25) is 0 Å². The van der Waals surface area contributed by atoms with E-state index in [4.69, 9.17) is 5.73 Å². The molecule has 0 saturated heterocycles. The van der Waals surface area contributed by atoms with E-state index in [1.807, 2.05) is 0 Å². The molecule has 3 unspecified atom stereocenters. The van der Waals surface area contributed by atoms with E-state index in [2.05, 4.69) is 30.7 Å². The third kappa shape index (κ3) is 1.07. The number of nitrogens with two attached hydrogens (primary N) is 1. The highest BCUT2D eigenvalue weighted by atomic mass is 15.4. The zero-order chi connectivity index (χ0) is 10.3. The topological polar surface area (TPSA) is 41.6 Å². The van der Waals surface area contributed by atoms with Gasteiger partial charge in [-0.05, 0) is 32.1 Å². The molecule has 1 aliphatic heterocycles. The van der Waals surface area contributed by atoms with E-state index in [0.29, 0.717) is 11.6 Å². The van der Waals surface area contributed by atoms with Gasteiger partial charge in [0.15, 0.2) is 5.96 Å². The molecule has 1 spiro atoms. The number of hydrogen-bond donors (Lipinski definition) is 1. The largest absolute Gasteiger partial charge is 0.370 e. The molecule has 0 aromatic carbocycles. The first-order valence-corrected chi connectivity index (χ1v) is 5.71. The van der Waals surface area contributed by atoms with Gasteiger partial charge in [0.05, 0.1) is 12.1 Å². The van der Waals surface area contributed by atoms with Crippen LogP contribution in [0.25, 0.3) is 0 Å². The molecule has 1 aliphatic carbocycles. The van der Waals surface area contributed by atoms with Crippen LogP contribution in [0, 0.1) is 5.92 Å². The summed E-state index contributed by atoms with van der Waals surface area (Å²) in [5, 5.41) is 0. The normalized spacial score (nSPS) is 38.4. The molecule has 0 radical (unpaired) electrons. The summed E-state index contributed by atoms with van der Waals surface area (Å²) in [6, 6.07) is 0.531. The Morgan fingerprint density at radius 1 is 1.71 bits per heavy atom. The van der Waals surface area contributed by atoms with E-state index in [0.717, 1.165) is 24.8 Å². The number of nitrogens with zero attached hydrogens (tertiary/aromatic N) is 2. The van der Waals surface area contributed by atoms with Gasteiger partial charge in [-0.3, -0.25) is 4.99 Å². The van der Waals surface area contributed by atoms with E-state index in [1.165, 1.54) is 12.8 Å². The van der Waals surface area contributed by atoms with Crippen LogP contribution in [0.5, 0.6) is 0 Å². The summed E-state index contributed by atoms with van der Waals surface area (Å²) in [4.78, 5) is 6.81. The highest BCUT2D eigenvalue weighted by Crippen LogP contribution is 2.46. The summed E-state index contributed by atoms with van der Waals surface area (Å²) in [6.07, 6.45) is 3.74. The predicted molar refractivity (Wildman–Crippen MR) is 59.2 cm³/mol. The first-order chi connectivity index (χ1) is 6.62. The van der Waals surface area contributed by atoms with E-state index in [9.17, 15) is 0 Å². The van der Waals surface area contributed by atoms with Crippen LogP contribution < -0.4 is 5.73 Å². The molecular formula is C11H21N3. The molecule has 1 heterocycles. The summed E-state index contributed by atoms with van der Waals surface area (Å²) < 4.78 is 0. The quantitative estimate of drug-likeness (QED) is 0.727. The fourth-order valence-electron chi connectivity index (χ4n) is 2.80. The molecule has 0 amide bonds. The van der Waals surface area contributed by atoms with Crippen LogP contribution in [-0.2, 0) is 0 Å². The maximum atomic E-state index is 5.98. The SMILES string of the molecule is CCC(C)N1C(N)=NCC12CCC2C. The molecule has 0 aromatic heterocycles. The molecule has 80 valence electrons. The summed E-state index contributed by atoms with van der Waals surface area (Å²) in [5.41, 5.74) is 6.27. The molecular weight excluding hydrogens is 174 g/mol. The minimum Gasteiger partial charge on any atom is -0.370 e. The van der Waals surface area contributed by atoms with E-state index in [-0.39, 0.29) is 0 Å². The van der Waals surface area contributed by atoms with E-state index < -0.39 is 0 Å². The van der Waals surface area contributed by atoms with Crippen LogP contribution in [0.15, 0.2) is 4.99 Å². The maximum Gasteiger partial charge on any atom is 0.192 e. The Kier molecular flexibility index (Phi) is 2.20. The van der Waals surface area contributed by atoms with Gasteiger partial charge in [-0.2, -0.15) is 0 Å². The Labute approximate surface area is 86.4 Å². The summed E-state index contributed by atoms with van der Waals surface area (Å²) in [7, 11) is 0. The molecule has 0 bridgehead atoms. The molecule has 0 aromatic rings. The molecule has 2 aliphatic rings. The second-order valence-corrected chi connectivity index (χ2v) is 4.84. The lowest BCUT2D eigenvalue weighted by Gasteiger charge is -2.53. The Morgan fingerprint density at radius 2 is 2.43 bits per heavy atom. The lowest BCUT2D eigenvalue weighted by atomic mass is 9.66. The minimum atomic E-state index is 0.291. The van der Waals surface area contributed by atoms with Crippen molar-refractivity contribution in [2.75, 3.05) is 6.54 Å². The first kappa shape index (κ1) is 9.81. The van der Waals surface area contributed by atoms with Crippen molar-refractivity contribution in [3.05, 3.63) is 0 Å². The predicted octanol–water partition coefficient (Wildman–Crippen LogP) is 1.58. The van der Waals surface area contributed by atoms with Gasteiger partial charge in [-0.1, -0.05) is 13.8 Å². The van der Waals surface area contributed by atoms with Crippen LogP contribution in [0.3, 0.4) is 0 Å². The number of guanidine groups is 1. The molecule has 3 heteroatoms. The van der Waals surface area contributed by atoms with Gasteiger partial charge in [-0.25, -0.2) is 0 Å². The fourth-order valence-corrected chi connectivity index (χ4v) is 2.80. The fraction of sp³-hybridized carbons (Fsp3) is 0.909. The Bertz CT molecular complexity index is 261. The van der Waals surface area contributed by atoms with Crippen molar-refractivity contribution in [1.82, 2.24) is 4.90 Å². The second-order valence-electron chi connectivity index (χ2n) is 4.84. The van der Waals surface area contributed by atoms with E-state index >= 15 is 0 Å². The van der Waals surface area contributed by atoms with Gasteiger partial charge >= 0.3 is 0 Å². The van der Waals surface area contributed by atoms with Crippen LogP contribution in [0.2, 0.25) is 0 Å². The minimum absolute atomic E-state index is 0.291. The van der Waals surface area contributed by atoms with Crippen molar-refractivity contribution in [2.45, 2.75) is 51.6 Å². The average molecular weight is 195 g/mol. The molecule has 1 fully saturated rings. The number of aliphatic imine (C=N–C) groups is 1. The number of hydrogen-bond acceptors (Lipinski definition) is 3. The monoisotopic (exact) mass is 195 g/mol. The lowest BCUT2D eigenvalue weighted by molar-refractivity contribution is 0.0104. The molecule has 2 N–H and O–H groups in total. The van der Waals surface area contributed by atoms with Crippen LogP contribution >= 0.6 is 0 Å².